The number of aromatic nitrogens is 2. The van der Waals surface area contributed by atoms with Gasteiger partial charge in [-0.2, -0.15) is 5.10 Å². The van der Waals surface area contributed by atoms with Gasteiger partial charge < -0.3 is 9.90 Å². The first-order valence-corrected chi connectivity index (χ1v) is 3.32. The van der Waals surface area contributed by atoms with Crippen LogP contribution >= 0.6 is 0 Å². The molecule has 7 heteroatoms. The number of rotatable bonds is 2. The zero-order chi connectivity index (χ0) is 10.0. The maximum atomic E-state index is 11.0. The molecule has 0 aliphatic heterocycles. The van der Waals surface area contributed by atoms with Crippen LogP contribution in [0.4, 0.5) is 0 Å². The number of carbonyl (C=O) groups is 2. The number of hydrogen-bond acceptors (Lipinski definition) is 5. The van der Waals surface area contributed by atoms with Crippen LogP contribution in [0.3, 0.4) is 0 Å². The van der Waals surface area contributed by atoms with Crippen molar-refractivity contribution in [1.82, 2.24) is 15.2 Å². The molecule has 0 aromatic carbocycles. The molecule has 1 rings (SSSR count). The number of aromatic carboxylic acids is 1. The number of nitrogens with two attached hydrogens (primary N) is 1. The molecule has 0 atom stereocenters. The van der Waals surface area contributed by atoms with Gasteiger partial charge in [-0.25, -0.2) is 5.84 Å². The second-order valence-corrected chi connectivity index (χ2v) is 2.30. The molecule has 0 radical (unpaired) electrons. The minimum Gasteiger partial charge on any atom is -0.543 e. The van der Waals surface area contributed by atoms with E-state index in [9.17, 15) is 14.7 Å². The van der Waals surface area contributed by atoms with Crippen LogP contribution in [0.25, 0.3) is 0 Å². The Labute approximate surface area is 73.1 Å². The Bertz CT molecular complexity index is 357. The monoisotopic (exact) mass is 183 g/mol. The van der Waals surface area contributed by atoms with Crippen LogP contribution in [-0.2, 0) is 7.05 Å². The van der Waals surface area contributed by atoms with Crippen LogP contribution in [0.15, 0.2) is 6.07 Å². The Hall–Kier alpha value is -1.89. The fourth-order valence-corrected chi connectivity index (χ4v) is 0.853. The van der Waals surface area contributed by atoms with Crippen molar-refractivity contribution in [3.63, 3.8) is 0 Å². The number of carboxylic acids is 1. The van der Waals surface area contributed by atoms with Crippen molar-refractivity contribution in [2.24, 2.45) is 12.9 Å². The summed E-state index contributed by atoms with van der Waals surface area (Å²) >= 11 is 0. The molecule has 3 N–H and O–H groups in total. The molecule has 0 spiro atoms. The molecule has 0 fully saturated rings. The molecular weight excluding hydrogens is 176 g/mol. The average molecular weight is 183 g/mol. The highest BCUT2D eigenvalue weighted by Crippen LogP contribution is 2.01. The third-order valence-electron chi connectivity index (χ3n) is 1.45. The fraction of sp³-hybridized carbons (Fsp3) is 0.167. The SMILES string of the molecule is Cn1nc(C(=O)[O-])cc1C(=O)NN. The minimum atomic E-state index is -1.44. The van der Waals surface area contributed by atoms with Crippen molar-refractivity contribution in [3.05, 3.63) is 17.5 Å². The van der Waals surface area contributed by atoms with Crippen LogP contribution in [0.5, 0.6) is 0 Å². The molecule has 1 aromatic rings. The highest BCUT2D eigenvalue weighted by atomic mass is 16.4. The van der Waals surface area contributed by atoms with Gasteiger partial charge in [0.2, 0.25) is 0 Å². The largest absolute Gasteiger partial charge is 0.543 e. The standard InChI is InChI=1S/C6H8N4O3/c1-10-4(5(11)8-7)2-3(9-10)6(12)13/h2H,7H2,1H3,(H,8,11)(H,12,13)/p-1. The summed E-state index contributed by atoms with van der Waals surface area (Å²) < 4.78 is 1.10. The number of carbonyl (C=O) groups excluding carboxylic acids is 2. The lowest BCUT2D eigenvalue weighted by Gasteiger charge is -1.97. The van der Waals surface area contributed by atoms with Crippen molar-refractivity contribution >= 4 is 11.9 Å². The summed E-state index contributed by atoms with van der Waals surface area (Å²) in [5.41, 5.74) is 1.61. The average Bonchev–Trinajstić information content (AvgIpc) is 2.46. The second-order valence-electron chi connectivity index (χ2n) is 2.30. The number of amides is 1. The van der Waals surface area contributed by atoms with Crippen LogP contribution in [0.2, 0.25) is 0 Å². The van der Waals surface area contributed by atoms with Gasteiger partial charge in [0, 0.05) is 7.05 Å². The molecule has 0 saturated carbocycles. The van der Waals surface area contributed by atoms with E-state index in [0.717, 1.165) is 10.7 Å². The molecule has 0 saturated heterocycles. The van der Waals surface area contributed by atoms with E-state index in [1.165, 1.54) is 7.05 Å². The lowest BCUT2D eigenvalue weighted by Crippen LogP contribution is -2.31. The van der Waals surface area contributed by atoms with Gasteiger partial charge in [0.1, 0.15) is 11.4 Å². The Balaban J connectivity index is 3.10. The van der Waals surface area contributed by atoms with E-state index in [-0.39, 0.29) is 11.4 Å². The van der Waals surface area contributed by atoms with Gasteiger partial charge in [0.05, 0.1) is 5.97 Å². The van der Waals surface area contributed by atoms with Gasteiger partial charge >= 0.3 is 0 Å². The Morgan fingerprint density at radius 2 is 2.31 bits per heavy atom. The molecule has 0 bridgehead atoms. The first kappa shape index (κ1) is 9.20. The number of nitrogens with zero attached hydrogens (tertiary/aromatic N) is 2. The predicted molar refractivity (Wildman–Crippen MR) is 39.2 cm³/mol. The molecule has 70 valence electrons. The highest BCUT2D eigenvalue weighted by Gasteiger charge is 2.11. The quantitative estimate of drug-likeness (QED) is 0.296. The second kappa shape index (κ2) is 3.23. The summed E-state index contributed by atoms with van der Waals surface area (Å²) in [5.74, 6) is 2.81. The van der Waals surface area contributed by atoms with Gasteiger partial charge in [-0.05, 0) is 6.07 Å². The van der Waals surface area contributed by atoms with Crippen molar-refractivity contribution in [2.45, 2.75) is 0 Å². The number of nitrogen functional groups attached to an aromatic ring is 1. The van der Waals surface area contributed by atoms with Crippen LogP contribution in [0.1, 0.15) is 21.0 Å². The molecule has 0 unspecified atom stereocenters. The molecular formula is C6H7N4O3-. The molecule has 1 aromatic heterocycles. The van der Waals surface area contributed by atoms with Gasteiger partial charge in [-0.15, -0.1) is 0 Å². The smallest absolute Gasteiger partial charge is 0.283 e. The lowest BCUT2D eigenvalue weighted by atomic mass is 10.3. The number of aryl methyl sites for hydroxylation is 1. The Morgan fingerprint density at radius 1 is 1.69 bits per heavy atom. The maximum Gasteiger partial charge on any atom is 0.283 e. The maximum absolute atomic E-state index is 11.0. The zero-order valence-electron chi connectivity index (χ0n) is 6.77. The molecule has 7 nitrogen and oxygen atoms in total. The van der Waals surface area contributed by atoms with Crippen molar-refractivity contribution < 1.29 is 14.7 Å². The Morgan fingerprint density at radius 3 is 2.69 bits per heavy atom. The van der Waals surface area contributed by atoms with Crippen molar-refractivity contribution in [2.75, 3.05) is 0 Å². The molecule has 0 aliphatic carbocycles. The highest BCUT2D eigenvalue weighted by molar-refractivity contribution is 5.94. The van der Waals surface area contributed by atoms with E-state index in [2.05, 4.69) is 5.10 Å². The Kier molecular flexibility index (Phi) is 2.29. The third-order valence-corrected chi connectivity index (χ3v) is 1.45. The van der Waals surface area contributed by atoms with E-state index in [1.807, 2.05) is 5.43 Å². The first-order valence-electron chi connectivity index (χ1n) is 3.32. The molecule has 13 heavy (non-hydrogen) atoms. The summed E-state index contributed by atoms with van der Waals surface area (Å²) in [5, 5.41) is 13.8. The van der Waals surface area contributed by atoms with Gasteiger partial charge in [0.15, 0.2) is 0 Å². The summed E-state index contributed by atoms with van der Waals surface area (Å²) in [4.78, 5) is 21.3. The van der Waals surface area contributed by atoms with Crippen LogP contribution in [0, 0.1) is 0 Å². The summed E-state index contributed by atoms with van der Waals surface area (Å²) in [6.07, 6.45) is 0. The number of hydrogen-bond donors (Lipinski definition) is 2. The van der Waals surface area contributed by atoms with Gasteiger partial charge in [-0.3, -0.25) is 14.9 Å². The first-order chi connectivity index (χ1) is 6.06. The summed E-state index contributed by atoms with van der Waals surface area (Å²) in [6.45, 7) is 0. The van der Waals surface area contributed by atoms with Crippen molar-refractivity contribution in [3.8, 4) is 0 Å². The number of hydrazine groups is 1. The lowest BCUT2D eigenvalue weighted by molar-refractivity contribution is -0.255. The van der Waals surface area contributed by atoms with E-state index >= 15 is 0 Å². The van der Waals surface area contributed by atoms with E-state index < -0.39 is 11.9 Å². The van der Waals surface area contributed by atoms with E-state index in [4.69, 9.17) is 5.84 Å². The van der Waals surface area contributed by atoms with E-state index in [0.29, 0.717) is 0 Å². The van der Waals surface area contributed by atoms with Crippen LogP contribution < -0.4 is 16.4 Å². The van der Waals surface area contributed by atoms with Gasteiger partial charge in [0.25, 0.3) is 5.91 Å². The topological polar surface area (TPSA) is 113 Å². The predicted octanol–water partition coefficient (Wildman–Crippen LogP) is -2.61. The van der Waals surface area contributed by atoms with E-state index in [1.54, 1.807) is 0 Å². The minimum absolute atomic E-state index is 0.0571. The van der Waals surface area contributed by atoms with Crippen molar-refractivity contribution in [1.29, 1.82) is 0 Å². The zero-order valence-corrected chi connectivity index (χ0v) is 6.77. The van der Waals surface area contributed by atoms with Crippen LogP contribution in [-0.4, -0.2) is 21.7 Å². The normalized spacial score (nSPS) is 9.69. The summed E-state index contributed by atoms with van der Waals surface area (Å²) in [7, 11) is 1.43. The molecule has 1 heterocycles. The number of nitrogens with one attached hydrogen (secondary N) is 1. The van der Waals surface area contributed by atoms with Gasteiger partial charge in [-0.1, -0.05) is 0 Å². The molecule has 1 amide bonds. The molecule has 0 aliphatic rings. The third kappa shape index (κ3) is 1.64. The fourth-order valence-electron chi connectivity index (χ4n) is 0.853. The summed E-state index contributed by atoms with van der Waals surface area (Å²) in [6, 6.07) is 1.08. The number of carboxylic acid groups (broad SMARTS) is 1.